The van der Waals surface area contributed by atoms with Crippen molar-refractivity contribution in [2.45, 2.75) is 98.7 Å². The van der Waals surface area contributed by atoms with Crippen molar-refractivity contribution in [3.63, 3.8) is 0 Å². The zero-order valence-corrected chi connectivity index (χ0v) is 15.8. The molecule has 0 aliphatic heterocycles. The third kappa shape index (κ3) is 10.9. The second-order valence-corrected chi connectivity index (χ2v) is 9.23. The molecule has 0 amide bonds. The van der Waals surface area contributed by atoms with Gasteiger partial charge in [-0.1, -0.05) is 27.2 Å². The summed E-state index contributed by atoms with van der Waals surface area (Å²) in [6, 6.07) is -0.0420. The van der Waals surface area contributed by atoms with Crippen molar-refractivity contribution in [2.24, 2.45) is 5.41 Å². The highest BCUT2D eigenvalue weighted by Crippen LogP contribution is 2.21. The van der Waals surface area contributed by atoms with Gasteiger partial charge in [0.1, 0.15) is 0 Å². The molecule has 0 bridgehead atoms. The Morgan fingerprint density at radius 3 is 1.76 bits per heavy atom. The normalized spacial score (nSPS) is 15.1. The second-order valence-electron chi connectivity index (χ2n) is 9.23. The Morgan fingerprint density at radius 2 is 1.38 bits per heavy atom. The maximum absolute atomic E-state index is 12.6. The fraction of sp³-hybridized carbons (Fsp3) is 0.944. The Balaban J connectivity index is 4.40. The Morgan fingerprint density at radius 1 is 0.857 bits per heavy atom. The van der Waals surface area contributed by atoms with Gasteiger partial charge in [0.25, 0.3) is 0 Å². The van der Waals surface area contributed by atoms with E-state index in [4.69, 9.17) is 0 Å². The van der Waals surface area contributed by atoms with Crippen LogP contribution in [0.1, 0.15) is 81.6 Å². The van der Waals surface area contributed by atoms with E-state index in [2.05, 4.69) is 52.2 Å². The third-order valence-electron chi connectivity index (χ3n) is 3.24. The molecule has 0 unspecified atom stereocenters. The number of carbonyl (C=O) groups excluding carboxylic acids is 1. The molecular formula is C18H38N2O. The number of Topliss-reactive ketones (excluding diaryl/α,β-unsaturated/α-hetero) is 1. The van der Waals surface area contributed by atoms with Crippen LogP contribution in [0.15, 0.2) is 0 Å². The fourth-order valence-corrected chi connectivity index (χ4v) is 2.25. The number of unbranched alkanes of at least 4 members (excludes halogenated alkanes) is 1. The first-order valence-electron chi connectivity index (χ1n) is 8.29. The number of nitrogens with one attached hydrogen (secondary N) is 2. The van der Waals surface area contributed by atoms with Crippen LogP contribution in [0, 0.1) is 5.41 Å². The molecule has 2 N–H and O–H groups in total. The van der Waals surface area contributed by atoms with Crippen molar-refractivity contribution in [3.8, 4) is 0 Å². The van der Waals surface area contributed by atoms with Crippen molar-refractivity contribution in [3.05, 3.63) is 0 Å². The van der Waals surface area contributed by atoms with E-state index in [0.717, 1.165) is 25.8 Å². The fourth-order valence-electron chi connectivity index (χ4n) is 2.25. The van der Waals surface area contributed by atoms with Crippen molar-refractivity contribution in [1.29, 1.82) is 0 Å². The molecule has 0 heterocycles. The van der Waals surface area contributed by atoms with Crippen LogP contribution in [0.2, 0.25) is 0 Å². The van der Waals surface area contributed by atoms with E-state index in [9.17, 15) is 4.79 Å². The van der Waals surface area contributed by atoms with Crippen molar-refractivity contribution < 1.29 is 4.79 Å². The number of hydrogen-bond donors (Lipinski definition) is 2. The average Bonchev–Trinajstić information content (AvgIpc) is 2.21. The van der Waals surface area contributed by atoms with Gasteiger partial charge in [0.15, 0.2) is 5.78 Å². The summed E-state index contributed by atoms with van der Waals surface area (Å²) in [5.41, 5.74) is -0.147. The Labute approximate surface area is 132 Å². The van der Waals surface area contributed by atoms with E-state index in [1.165, 1.54) is 0 Å². The first-order chi connectivity index (χ1) is 9.22. The van der Waals surface area contributed by atoms with Gasteiger partial charge >= 0.3 is 0 Å². The van der Waals surface area contributed by atoms with Gasteiger partial charge in [-0.15, -0.1) is 0 Å². The minimum absolute atomic E-state index is 0.0325. The van der Waals surface area contributed by atoms with Crippen molar-refractivity contribution in [1.82, 2.24) is 10.6 Å². The lowest BCUT2D eigenvalue weighted by Crippen LogP contribution is -2.50. The molecule has 0 spiro atoms. The second kappa shape index (κ2) is 7.73. The largest absolute Gasteiger partial charge is 0.312 e. The van der Waals surface area contributed by atoms with Crippen LogP contribution in [-0.4, -0.2) is 29.4 Å². The predicted octanol–water partition coefficient (Wildman–Crippen LogP) is 3.92. The van der Waals surface area contributed by atoms with Crippen molar-refractivity contribution >= 4 is 5.78 Å². The summed E-state index contributed by atoms with van der Waals surface area (Å²) in [6.45, 7) is 19.9. The van der Waals surface area contributed by atoms with Crippen LogP contribution in [-0.2, 0) is 4.79 Å². The SMILES string of the molecule is CC(C)(C)NCCCC[C@H](NC(C)(C)C)C(=O)C(C)(C)C. The van der Waals surface area contributed by atoms with Gasteiger partial charge in [-0.25, -0.2) is 0 Å². The first-order valence-corrected chi connectivity index (χ1v) is 8.29. The molecule has 0 radical (unpaired) electrons. The molecule has 0 aliphatic carbocycles. The quantitative estimate of drug-likeness (QED) is 0.700. The molecule has 3 heteroatoms. The van der Waals surface area contributed by atoms with E-state index >= 15 is 0 Å². The molecule has 0 aromatic heterocycles. The minimum atomic E-state index is -0.285. The van der Waals surface area contributed by atoms with Gasteiger partial charge < -0.3 is 10.6 Å². The molecule has 0 fully saturated rings. The van der Waals surface area contributed by atoms with E-state index < -0.39 is 0 Å². The van der Waals surface area contributed by atoms with Crippen LogP contribution in [0.25, 0.3) is 0 Å². The minimum Gasteiger partial charge on any atom is -0.312 e. The number of carbonyl (C=O) groups is 1. The summed E-state index contributed by atoms with van der Waals surface area (Å²) >= 11 is 0. The van der Waals surface area contributed by atoms with Crippen LogP contribution < -0.4 is 10.6 Å². The van der Waals surface area contributed by atoms with Gasteiger partial charge in [0, 0.05) is 16.5 Å². The number of ketones is 1. The van der Waals surface area contributed by atoms with Crippen LogP contribution in [0.3, 0.4) is 0 Å². The zero-order valence-electron chi connectivity index (χ0n) is 15.8. The molecule has 0 saturated carbocycles. The molecule has 1 atom stereocenters. The summed E-state index contributed by atoms with van der Waals surface area (Å²) in [4.78, 5) is 12.6. The van der Waals surface area contributed by atoms with Gasteiger partial charge in [-0.3, -0.25) is 4.79 Å². The lowest BCUT2D eigenvalue weighted by molar-refractivity contribution is -0.129. The first kappa shape index (κ1) is 20.6. The van der Waals surface area contributed by atoms with Crippen LogP contribution in [0.5, 0.6) is 0 Å². The van der Waals surface area contributed by atoms with E-state index in [-0.39, 0.29) is 22.5 Å². The summed E-state index contributed by atoms with van der Waals surface area (Å²) in [7, 11) is 0. The molecule has 126 valence electrons. The zero-order chi connectivity index (χ0) is 16.9. The molecular weight excluding hydrogens is 260 g/mol. The maximum atomic E-state index is 12.6. The Kier molecular flexibility index (Phi) is 7.58. The van der Waals surface area contributed by atoms with Gasteiger partial charge in [0.05, 0.1) is 6.04 Å². The Hall–Kier alpha value is -0.410. The highest BCUT2D eigenvalue weighted by atomic mass is 16.1. The van der Waals surface area contributed by atoms with Gasteiger partial charge in [0.2, 0.25) is 0 Å². The standard InChI is InChI=1S/C18H38N2O/c1-16(2,3)15(21)14(20-18(7,8)9)12-10-11-13-19-17(4,5)6/h14,19-20H,10-13H2,1-9H3/t14-/m0/s1. The highest BCUT2D eigenvalue weighted by Gasteiger charge is 2.31. The summed E-state index contributed by atoms with van der Waals surface area (Å²) in [6.07, 6.45) is 3.09. The molecule has 21 heavy (non-hydrogen) atoms. The topological polar surface area (TPSA) is 41.1 Å². The molecule has 0 aromatic rings. The lowest BCUT2D eigenvalue weighted by atomic mass is 9.84. The average molecular weight is 299 g/mol. The summed E-state index contributed by atoms with van der Waals surface area (Å²) in [5.74, 6) is 0.321. The number of hydrogen-bond acceptors (Lipinski definition) is 3. The maximum Gasteiger partial charge on any atom is 0.155 e. The van der Waals surface area contributed by atoms with Crippen molar-refractivity contribution in [2.75, 3.05) is 6.54 Å². The summed E-state index contributed by atoms with van der Waals surface area (Å²) < 4.78 is 0. The van der Waals surface area contributed by atoms with Gasteiger partial charge in [-0.05, 0) is 60.9 Å². The smallest absolute Gasteiger partial charge is 0.155 e. The molecule has 0 aromatic carbocycles. The predicted molar refractivity (Wildman–Crippen MR) is 92.7 cm³/mol. The molecule has 0 aliphatic rings. The summed E-state index contributed by atoms with van der Waals surface area (Å²) in [5, 5.41) is 7.00. The third-order valence-corrected chi connectivity index (χ3v) is 3.24. The van der Waals surface area contributed by atoms with E-state index in [1.54, 1.807) is 0 Å². The van der Waals surface area contributed by atoms with E-state index in [0.29, 0.717) is 5.78 Å². The molecule has 0 saturated heterocycles. The molecule has 3 nitrogen and oxygen atoms in total. The molecule has 0 rings (SSSR count). The van der Waals surface area contributed by atoms with Crippen LogP contribution >= 0.6 is 0 Å². The number of rotatable bonds is 7. The Bertz CT molecular complexity index is 316. The van der Waals surface area contributed by atoms with Gasteiger partial charge in [-0.2, -0.15) is 0 Å². The van der Waals surface area contributed by atoms with Crippen LogP contribution in [0.4, 0.5) is 0 Å². The highest BCUT2D eigenvalue weighted by molar-refractivity contribution is 5.88. The lowest BCUT2D eigenvalue weighted by Gasteiger charge is -2.32. The van der Waals surface area contributed by atoms with E-state index in [1.807, 2.05) is 20.8 Å². The monoisotopic (exact) mass is 298 g/mol.